The number of nitrogens with one attached hydrogen (secondary N) is 2. The quantitative estimate of drug-likeness (QED) is 0.752. The minimum Gasteiger partial charge on any atom is -0.376 e. The van der Waals surface area contributed by atoms with Gasteiger partial charge in [0.1, 0.15) is 5.82 Å². The van der Waals surface area contributed by atoms with E-state index in [1.54, 1.807) is 18.3 Å². The second kappa shape index (κ2) is 7.04. The van der Waals surface area contributed by atoms with Gasteiger partial charge >= 0.3 is 0 Å². The normalized spacial score (nSPS) is 14.7. The molecule has 0 radical (unpaired) electrons. The van der Waals surface area contributed by atoms with Crippen molar-refractivity contribution in [2.24, 2.45) is 0 Å². The van der Waals surface area contributed by atoms with Crippen LogP contribution in [0.5, 0.6) is 0 Å². The Hall–Kier alpha value is -2.70. The number of carbonyl (C=O) groups is 1. The first kappa shape index (κ1) is 17.1. The van der Waals surface area contributed by atoms with Gasteiger partial charge in [0.25, 0.3) is 0 Å². The molecule has 1 amide bonds. The Morgan fingerprint density at radius 1 is 1.24 bits per heavy atom. The van der Waals surface area contributed by atoms with Crippen molar-refractivity contribution in [2.45, 2.75) is 18.3 Å². The number of benzene rings is 1. The summed E-state index contributed by atoms with van der Waals surface area (Å²) < 4.78 is 13.1. The molecule has 1 saturated carbocycles. The lowest BCUT2D eigenvalue weighted by molar-refractivity contribution is -0.123. The summed E-state index contributed by atoms with van der Waals surface area (Å²) in [7, 11) is 3.87. The number of anilines is 2. The summed E-state index contributed by atoms with van der Waals surface area (Å²) in [5.74, 6) is 0.374. The summed E-state index contributed by atoms with van der Waals surface area (Å²) in [4.78, 5) is 14.4. The highest BCUT2D eigenvalue weighted by atomic mass is 19.1. The molecule has 3 rings (SSSR count). The highest BCUT2D eigenvalue weighted by Crippen LogP contribution is 2.48. The number of rotatable bonds is 7. The predicted octanol–water partition coefficient (Wildman–Crippen LogP) is 1.94. The molecule has 6 nitrogen and oxygen atoms in total. The zero-order chi connectivity index (χ0) is 17.9. The van der Waals surface area contributed by atoms with Crippen molar-refractivity contribution in [1.82, 2.24) is 15.5 Å². The van der Waals surface area contributed by atoms with E-state index in [-0.39, 0.29) is 11.7 Å². The standard InChI is InChI=1S/C18H22FN5O/c1-24(2)15-11-16(23-22-12-15)20-9-10-21-17(25)18(7-8-18)13-3-5-14(19)6-4-13/h3-6,11-12H,7-10H2,1-2H3,(H,20,23)(H,21,25). The number of nitrogens with zero attached hydrogens (tertiary/aromatic N) is 3. The Balaban J connectivity index is 1.50. The summed E-state index contributed by atoms with van der Waals surface area (Å²) in [5.41, 5.74) is 1.34. The molecule has 1 aliphatic carbocycles. The maximum Gasteiger partial charge on any atom is 0.230 e. The molecule has 0 spiro atoms. The smallest absolute Gasteiger partial charge is 0.230 e. The van der Waals surface area contributed by atoms with Gasteiger partial charge in [0.05, 0.1) is 17.3 Å². The lowest BCUT2D eigenvalue weighted by Gasteiger charge is -2.16. The van der Waals surface area contributed by atoms with Gasteiger partial charge in [0, 0.05) is 33.3 Å². The molecule has 7 heteroatoms. The first-order valence-corrected chi connectivity index (χ1v) is 8.29. The Labute approximate surface area is 146 Å². The minimum atomic E-state index is -0.488. The fourth-order valence-electron chi connectivity index (χ4n) is 2.76. The second-order valence-corrected chi connectivity index (χ2v) is 6.47. The number of hydrogen-bond donors (Lipinski definition) is 2. The number of aromatic nitrogens is 2. The van der Waals surface area contributed by atoms with Gasteiger partial charge < -0.3 is 15.5 Å². The Bertz CT molecular complexity index is 743. The molecule has 1 fully saturated rings. The average Bonchev–Trinajstić information content (AvgIpc) is 3.41. The molecule has 1 aromatic carbocycles. The zero-order valence-corrected chi connectivity index (χ0v) is 14.4. The van der Waals surface area contributed by atoms with Gasteiger partial charge in [-0.15, -0.1) is 5.10 Å². The highest BCUT2D eigenvalue weighted by molar-refractivity contribution is 5.91. The van der Waals surface area contributed by atoms with E-state index in [0.29, 0.717) is 18.9 Å². The van der Waals surface area contributed by atoms with Crippen molar-refractivity contribution in [2.75, 3.05) is 37.4 Å². The molecule has 0 unspecified atom stereocenters. The average molecular weight is 343 g/mol. The van der Waals surface area contributed by atoms with Crippen LogP contribution in [0.2, 0.25) is 0 Å². The van der Waals surface area contributed by atoms with E-state index in [0.717, 1.165) is 24.1 Å². The first-order chi connectivity index (χ1) is 12.0. The maximum absolute atomic E-state index is 13.1. The molecule has 0 saturated heterocycles. The largest absolute Gasteiger partial charge is 0.376 e. The van der Waals surface area contributed by atoms with Crippen molar-refractivity contribution < 1.29 is 9.18 Å². The van der Waals surface area contributed by atoms with Gasteiger partial charge in [0.15, 0.2) is 5.82 Å². The van der Waals surface area contributed by atoms with Crippen molar-refractivity contribution in [1.29, 1.82) is 0 Å². The van der Waals surface area contributed by atoms with Gasteiger partial charge in [0.2, 0.25) is 5.91 Å². The molecule has 1 aromatic heterocycles. The minimum absolute atomic E-state index is 0.00552. The Kier molecular flexibility index (Phi) is 4.83. The molecular formula is C18H22FN5O. The molecule has 1 heterocycles. The molecule has 25 heavy (non-hydrogen) atoms. The molecule has 132 valence electrons. The lowest BCUT2D eigenvalue weighted by Crippen LogP contribution is -2.37. The molecule has 0 bridgehead atoms. The van der Waals surface area contributed by atoms with Crippen molar-refractivity contribution in [3.8, 4) is 0 Å². The summed E-state index contributed by atoms with van der Waals surface area (Å²) in [6, 6.07) is 8.10. The fourth-order valence-corrected chi connectivity index (χ4v) is 2.76. The van der Waals surface area contributed by atoms with Crippen LogP contribution in [-0.2, 0) is 10.2 Å². The molecule has 2 N–H and O–H groups in total. The molecular weight excluding hydrogens is 321 g/mol. The predicted molar refractivity (Wildman–Crippen MR) is 95.2 cm³/mol. The molecule has 2 aromatic rings. The highest BCUT2D eigenvalue weighted by Gasteiger charge is 2.50. The van der Waals surface area contributed by atoms with Crippen LogP contribution in [0.3, 0.4) is 0 Å². The lowest BCUT2D eigenvalue weighted by atomic mass is 9.95. The van der Waals surface area contributed by atoms with E-state index in [9.17, 15) is 9.18 Å². The van der Waals surface area contributed by atoms with Gasteiger partial charge in [-0.3, -0.25) is 4.79 Å². The van der Waals surface area contributed by atoms with Crippen LogP contribution in [0.15, 0.2) is 36.5 Å². The van der Waals surface area contributed by atoms with Crippen LogP contribution < -0.4 is 15.5 Å². The van der Waals surface area contributed by atoms with Crippen molar-refractivity contribution in [3.05, 3.63) is 47.9 Å². The summed E-state index contributed by atoms with van der Waals surface area (Å²) in [6.07, 6.45) is 3.29. The number of amides is 1. The molecule has 0 aliphatic heterocycles. The van der Waals surface area contributed by atoms with Crippen LogP contribution in [-0.4, -0.2) is 43.3 Å². The topological polar surface area (TPSA) is 70.2 Å². The van der Waals surface area contributed by atoms with Gasteiger partial charge in [-0.1, -0.05) is 12.1 Å². The monoisotopic (exact) mass is 343 g/mol. The second-order valence-electron chi connectivity index (χ2n) is 6.47. The third-order valence-electron chi connectivity index (χ3n) is 4.45. The summed E-state index contributed by atoms with van der Waals surface area (Å²) in [5, 5.41) is 14.1. The van der Waals surface area contributed by atoms with Crippen molar-refractivity contribution in [3.63, 3.8) is 0 Å². The van der Waals surface area contributed by atoms with Crippen LogP contribution in [0, 0.1) is 5.82 Å². The third kappa shape index (κ3) is 3.87. The fraction of sp³-hybridized carbons (Fsp3) is 0.389. The molecule has 1 aliphatic rings. The van der Waals surface area contributed by atoms with E-state index in [2.05, 4.69) is 20.8 Å². The first-order valence-electron chi connectivity index (χ1n) is 8.29. The summed E-state index contributed by atoms with van der Waals surface area (Å²) >= 11 is 0. The summed E-state index contributed by atoms with van der Waals surface area (Å²) in [6.45, 7) is 1.03. The van der Waals surface area contributed by atoms with Crippen LogP contribution in [0.1, 0.15) is 18.4 Å². The van der Waals surface area contributed by atoms with Crippen LogP contribution in [0.25, 0.3) is 0 Å². The number of halogens is 1. The third-order valence-corrected chi connectivity index (χ3v) is 4.45. The van der Waals surface area contributed by atoms with Gasteiger partial charge in [-0.25, -0.2) is 4.39 Å². The van der Waals surface area contributed by atoms with E-state index in [1.165, 1.54) is 12.1 Å². The van der Waals surface area contributed by atoms with E-state index < -0.39 is 5.41 Å². The number of carbonyl (C=O) groups excluding carboxylic acids is 1. The van der Waals surface area contributed by atoms with E-state index in [1.807, 2.05) is 25.1 Å². The van der Waals surface area contributed by atoms with Crippen LogP contribution in [0.4, 0.5) is 15.9 Å². The molecule has 0 atom stereocenters. The van der Waals surface area contributed by atoms with Crippen molar-refractivity contribution >= 4 is 17.4 Å². The Morgan fingerprint density at radius 3 is 2.60 bits per heavy atom. The van der Waals surface area contributed by atoms with E-state index >= 15 is 0 Å². The van der Waals surface area contributed by atoms with E-state index in [4.69, 9.17) is 0 Å². The maximum atomic E-state index is 13.1. The number of hydrogen-bond acceptors (Lipinski definition) is 5. The van der Waals surface area contributed by atoms with Crippen LogP contribution >= 0.6 is 0 Å². The SMILES string of the molecule is CN(C)c1cnnc(NCCNC(=O)C2(c3ccc(F)cc3)CC2)c1. The zero-order valence-electron chi connectivity index (χ0n) is 14.4. The van der Waals surface area contributed by atoms with Gasteiger partial charge in [-0.2, -0.15) is 5.10 Å². The Morgan fingerprint density at radius 2 is 1.96 bits per heavy atom. The van der Waals surface area contributed by atoms with Gasteiger partial charge in [-0.05, 0) is 30.5 Å².